The maximum atomic E-state index is 12.5. The summed E-state index contributed by atoms with van der Waals surface area (Å²) < 4.78 is 55.8. The van der Waals surface area contributed by atoms with Crippen LogP contribution in [0.1, 0.15) is 38.5 Å². The predicted molar refractivity (Wildman–Crippen MR) is 160 cm³/mol. The van der Waals surface area contributed by atoms with E-state index in [4.69, 9.17) is 16.4 Å². The van der Waals surface area contributed by atoms with Crippen LogP contribution in [0.4, 0.5) is 11.4 Å². The molecule has 44 heavy (non-hydrogen) atoms. The number of ether oxygens (including phenoxy) is 2. The van der Waals surface area contributed by atoms with Crippen LogP contribution in [0.15, 0.2) is 58.3 Å². The topological polar surface area (TPSA) is 233 Å². The smallest absolute Gasteiger partial charge is 0.325 e. The minimum atomic E-state index is -4.05. The molecule has 0 unspecified atom stereocenters. The van der Waals surface area contributed by atoms with Gasteiger partial charge in [0.2, 0.25) is 0 Å². The van der Waals surface area contributed by atoms with Crippen LogP contribution in [0.5, 0.6) is 0 Å². The molecule has 2 N–H and O–H groups in total. The van der Waals surface area contributed by atoms with Gasteiger partial charge < -0.3 is 15.2 Å². The standard InChI is InChI=1S/C13H15NO6S.C6H4ClNO4S.C6H11NO2.ClH/c1-20-12(15)13(7-4-8-13)9-21(18,19)11-6-3-2-5-10(11)14(16)17;7-13(11,12)6-4-2-1-3-5(6)8(9)10;1-9-5(8)6(7)3-2-4-6;/h2-3,5-6H,4,7-9H2,1H3;1-4H;2-4,7H2,1H3;1H. The van der Waals surface area contributed by atoms with E-state index < -0.39 is 67.7 Å². The fourth-order valence-corrected chi connectivity index (χ4v) is 7.38. The molecule has 2 aromatic carbocycles. The summed E-state index contributed by atoms with van der Waals surface area (Å²) in [4.78, 5) is 41.5. The molecular formula is C25H31Cl2N3O12S2. The van der Waals surface area contributed by atoms with Crippen molar-refractivity contribution in [2.24, 2.45) is 11.1 Å². The molecule has 0 heterocycles. The molecule has 4 rings (SSSR count). The Labute approximate surface area is 264 Å². The van der Waals surface area contributed by atoms with Crippen molar-refractivity contribution in [3.8, 4) is 0 Å². The Hall–Kier alpha value is -3.38. The number of halogens is 2. The molecule has 0 radical (unpaired) electrons. The van der Waals surface area contributed by atoms with Gasteiger partial charge in [0.25, 0.3) is 20.4 Å². The van der Waals surface area contributed by atoms with E-state index in [1.54, 1.807) is 0 Å². The SMILES string of the molecule is COC(=O)C1(CS(=O)(=O)c2ccccc2[N+](=O)[O-])CCC1.COC(=O)C1(N)CCC1.Cl.O=[N+]([O-])c1ccccc1S(=O)(=O)Cl. The van der Waals surface area contributed by atoms with Gasteiger partial charge in [-0.05, 0) is 44.2 Å². The van der Waals surface area contributed by atoms with Gasteiger partial charge in [-0.2, -0.15) is 0 Å². The highest BCUT2D eigenvalue weighted by atomic mass is 35.7. The highest BCUT2D eigenvalue weighted by molar-refractivity contribution is 8.13. The molecule has 2 aromatic rings. The second-order valence-electron chi connectivity index (χ2n) is 9.77. The molecule has 244 valence electrons. The van der Waals surface area contributed by atoms with Crippen molar-refractivity contribution in [1.82, 2.24) is 0 Å². The highest BCUT2D eigenvalue weighted by Gasteiger charge is 2.49. The molecule has 0 saturated heterocycles. The molecule has 2 fully saturated rings. The normalized spacial score (nSPS) is 15.9. The average molecular weight is 701 g/mol. The van der Waals surface area contributed by atoms with E-state index in [1.165, 1.54) is 44.6 Å². The average Bonchev–Trinajstić information content (AvgIpc) is 2.93. The van der Waals surface area contributed by atoms with Gasteiger partial charge >= 0.3 is 11.9 Å². The fraction of sp³-hybridized carbons (Fsp3) is 0.440. The summed E-state index contributed by atoms with van der Waals surface area (Å²) in [7, 11) is -0.446. The number of methoxy groups -OCH3 is 2. The minimum absolute atomic E-state index is 0. The molecule has 0 spiro atoms. The first-order chi connectivity index (χ1) is 19.9. The number of carbonyl (C=O) groups is 2. The zero-order valence-corrected chi connectivity index (χ0v) is 26.7. The lowest BCUT2D eigenvalue weighted by atomic mass is 9.70. The van der Waals surface area contributed by atoms with E-state index in [1.807, 2.05) is 0 Å². The first kappa shape index (κ1) is 38.6. The van der Waals surface area contributed by atoms with Crippen LogP contribution in [0.3, 0.4) is 0 Å². The lowest BCUT2D eigenvalue weighted by Gasteiger charge is -2.38. The highest BCUT2D eigenvalue weighted by Crippen LogP contribution is 2.44. The Morgan fingerprint density at radius 1 is 0.818 bits per heavy atom. The Bertz CT molecular complexity index is 1590. The van der Waals surface area contributed by atoms with Gasteiger partial charge in [0.15, 0.2) is 14.7 Å². The van der Waals surface area contributed by atoms with Gasteiger partial charge in [-0.3, -0.25) is 29.8 Å². The van der Waals surface area contributed by atoms with Gasteiger partial charge in [-0.1, -0.05) is 30.7 Å². The Morgan fingerprint density at radius 3 is 1.52 bits per heavy atom. The lowest BCUT2D eigenvalue weighted by Crippen LogP contribution is -2.54. The number of para-hydroxylation sites is 2. The number of nitrogens with two attached hydrogens (primary N) is 1. The molecule has 2 aliphatic carbocycles. The van der Waals surface area contributed by atoms with Crippen LogP contribution in [0, 0.1) is 25.6 Å². The maximum absolute atomic E-state index is 12.5. The number of sulfone groups is 1. The molecule has 2 aliphatic rings. The largest absolute Gasteiger partial charge is 0.469 e. The number of nitro benzene ring substituents is 2. The molecule has 0 bridgehead atoms. The van der Waals surface area contributed by atoms with Crippen LogP contribution in [0.2, 0.25) is 0 Å². The summed E-state index contributed by atoms with van der Waals surface area (Å²) in [6, 6.07) is 10.0. The lowest BCUT2D eigenvalue weighted by molar-refractivity contribution is -0.388. The first-order valence-electron chi connectivity index (χ1n) is 12.5. The van der Waals surface area contributed by atoms with E-state index >= 15 is 0 Å². The minimum Gasteiger partial charge on any atom is -0.469 e. The first-order valence-corrected chi connectivity index (χ1v) is 16.5. The predicted octanol–water partition coefficient (Wildman–Crippen LogP) is 3.70. The maximum Gasteiger partial charge on any atom is 0.325 e. The Balaban J connectivity index is 0.000000359. The van der Waals surface area contributed by atoms with E-state index in [2.05, 4.69) is 9.47 Å². The second-order valence-corrected chi connectivity index (χ2v) is 14.3. The molecule has 0 amide bonds. The number of benzene rings is 2. The van der Waals surface area contributed by atoms with Crippen LogP contribution in [-0.4, -0.2) is 64.1 Å². The number of hydrogen-bond acceptors (Lipinski definition) is 13. The quantitative estimate of drug-likeness (QED) is 0.179. The fourth-order valence-electron chi connectivity index (χ4n) is 4.32. The second kappa shape index (κ2) is 15.6. The summed E-state index contributed by atoms with van der Waals surface area (Å²) in [5, 5.41) is 21.3. The van der Waals surface area contributed by atoms with Gasteiger partial charge in [0, 0.05) is 22.8 Å². The van der Waals surface area contributed by atoms with E-state index in [9.17, 15) is 46.7 Å². The zero-order valence-electron chi connectivity index (χ0n) is 23.5. The van der Waals surface area contributed by atoms with Crippen molar-refractivity contribution < 1.29 is 45.7 Å². The summed E-state index contributed by atoms with van der Waals surface area (Å²) >= 11 is 0. The molecule has 0 atom stereocenters. The van der Waals surface area contributed by atoms with Gasteiger partial charge in [0.05, 0.1) is 35.2 Å². The van der Waals surface area contributed by atoms with Crippen LogP contribution < -0.4 is 5.73 Å². The van der Waals surface area contributed by atoms with Gasteiger partial charge in [0.1, 0.15) is 10.4 Å². The Morgan fingerprint density at radius 2 is 1.23 bits per heavy atom. The molecular weight excluding hydrogens is 669 g/mol. The van der Waals surface area contributed by atoms with Crippen molar-refractivity contribution in [3.05, 3.63) is 68.8 Å². The summed E-state index contributed by atoms with van der Waals surface area (Å²) in [6.45, 7) is 0. The summed E-state index contributed by atoms with van der Waals surface area (Å²) in [6.07, 6.45) is 4.17. The van der Waals surface area contributed by atoms with Gasteiger partial charge in [-0.25, -0.2) is 16.8 Å². The van der Waals surface area contributed by atoms with Crippen molar-refractivity contribution in [3.63, 3.8) is 0 Å². The number of hydrogen-bond donors (Lipinski definition) is 1. The molecule has 0 aromatic heterocycles. The van der Waals surface area contributed by atoms with Crippen molar-refractivity contribution in [2.75, 3.05) is 20.0 Å². The third kappa shape index (κ3) is 9.31. The van der Waals surface area contributed by atoms with Gasteiger partial charge in [-0.15, -0.1) is 12.4 Å². The van der Waals surface area contributed by atoms with E-state index in [0.717, 1.165) is 43.9 Å². The molecule has 19 heteroatoms. The number of nitrogens with zero attached hydrogens (tertiary/aromatic N) is 2. The van der Waals surface area contributed by atoms with E-state index in [0.29, 0.717) is 12.8 Å². The number of nitro groups is 2. The monoisotopic (exact) mass is 699 g/mol. The Kier molecular flexibility index (Phi) is 13.7. The molecule has 2 saturated carbocycles. The van der Waals surface area contributed by atoms with Crippen LogP contribution >= 0.6 is 23.1 Å². The summed E-state index contributed by atoms with van der Waals surface area (Å²) in [5.41, 5.74) is 2.89. The van der Waals surface area contributed by atoms with E-state index in [-0.39, 0.29) is 23.3 Å². The third-order valence-electron chi connectivity index (χ3n) is 6.95. The summed E-state index contributed by atoms with van der Waals surface area (Å²) in [5.74, 6) is -1.30. The third-order valence-corrected chi connectivity index (χ3v) is 10.3. The number of carbonyl (C=O) groups excluding carboxylic acids is 2. The van der Waals surface area contributed by atoms with Crippen LogP contribution in [0.25, 0.3) is 0 Å². The van der Waals surface area contributed by atoms with Crippen molar-refractivity contribution >= 4 is 65.3 Å². The molecule has 0 aliphatic heterocycles. The van der Waals surface area contributed by atoms with Crippen molar-refractivity contribution in [1.29, 1.82) is 0 Å². The van der Waals surface area contributed by atoms with Crippen molar-refractivity contribution in [2.45, 2.75) is 53.9 Å². The number of rotatable bonds is 8. The number of esters is 2. The molecule has 15 nitrogen and oxygen atoms in total. The van der Waals surface area contributed by atoms with Crippen LogP contribution in [-0.2, 0) is 38.0 Å². The zero-order chi connectivity index (χ0) is 32.6.